The van der Waals surface area contributed by atoms with Crippen LogP contribution in [0.15, 0.2) is 30.3 Å². The summed E-state index contributed by atoms with van der Waals surface area (Å²) in [5, 5.41) is 3.04. The summed E-state index contributed by atoms with van der Waals surface area (Å²) in [7, 11) is 3.55. The predicted molar refractivity (Wildman–Crippen MR) is 93.1 cm³/mol. The zero-order valence-electron chi connectivity index (χ0n) is 13.6. The Morgan fingerprint density at radius 1 is 1.35 bits per heavy atom. The van der Waals surface area contributed by atoms with Gasteiger partial charge in [0, 0.05) is 25.7 Å². The van der Waals surface area contributed by atoms with Gasteiger partial charge < -0.3 is 20.7 Å². The summed E-state index contributed by atoms with van der Waals surface area (Å²) in [6.07, 6.45) is 3.22. The van der Waals surface area contributed by atoms with Crippen molar-refractivity contribution in [3.63, 3.8) is 0 Å². The molecule has 1 aromatic heterocycles. The molecule has 1 saturated heterocycles. The fourth-order valence-electron chi connectivity index (χ4n) is 3.20. The van der Waals surface area contributed by atoms with Crippen molar-refractivity contribution >= 4 is 17.6 Å². The standard InChI is InChI=1S/C17H23N5O/c1-19-15-11-16(21-17(18)20-15)22-9-5-7-13(22)10-12-6-3-4-8-14(12)23-2/h3-4,6,8,11,13H,5,7,9-10H2,1-2H3,(H3,18,19,20,21). The van der Waals surface area contributed by atoms with Crippen molar-refractivity contribution in [3.8, 4) is 5.75 Å². The third kappa shape index (κ3) is 3.31. The van der Waals surface area contributed by atoms with Crippen LogP contribution in [0.3, 0.4) is 0 Å². The summed E-state index contributed by atoms with van der Waals surface area (Å²) in [6.45, 7) is 0.986. The van der Waals surface area contributed by atoms with Crippen LogP contribution in [0.1, 0.15) is 18.4 Å². The van der Waals surface area contributed by atoms with E-state index in [1.165, 1.54) is 5.56 Å². The fourth-order valence-corrected chi connectivity index (χ4v) is 3.20. The number of aromatic nitrogens is 2. The number of hydrogen-bond acceptors (Lipinski definition) is 6. The number of hydrogen-bond donors (Lipinski definition) is 2. The molecule has 1 fully saturated rings. The summed E-state index contributed by atoms with van der Waals surface area (Å²) >= 11 is 0. The highest BCUT2D eigenvalue weighted by atomic mass is 16.5. The van der Waals surface area contributed by atoms with Crippen molar-refractivity contribution in [3.05, 3.63) is 35.9 Å². The molecule has 2 heterocycles. The molecule has 0 radical (unpaired) electrons. The van der Waals surface area contributed by atoms with Crippen molar-refractivity contribution in [2.24, 2.45) is 0 Å². The highest BCUT2D eigenvalue weighted by Gasteiger charge is 2.27. The van der Waals surface area contributed by atoms with E-state index in [1.54, 1.807) is 7.11 Å². The van der Waals surface area contributed by atoms with E-state index in [2.05, 4.69) is 32.3 Å². The second-order valence-electron chi connectivity index (χ2n) is 5.72. The lowest BCUT2D eigenvalue weighted by molar-refractivity contribution is 0.408. The lowest BCUT2D eigenvalue weighted by atomic mass is 10.0. The third-order valence-corrected chi connectivity index (χ3v) is 4.31. The number of ether oxygens (including phenoxy) is 1. The van der Waals surface area contributed by atoms with Crippen LogP contribution in [-0.2, 0) is 6.42 Å². The van der Waals surface area contributed by atoms with Gasteiger partial charge in [0.15, 0.2) is 0 Å². The topological polar surface area (TPSA) is 76.3 Å². The first-order chi connectivity index (χ1) is 11.2. The van der Waals surface area contributed by atoms with Crippen LogP contribution in [0, 0.1) is 0 Å². The Hall–Kier alpha value is -2.50. The van der Waals surface area contributed by atoms with E-state index in [-0.39, 0.29) is 0 Å². The van der Waals surface area contributed by atoms with Crippen molar-refractivity contribution < 1.29 is 4.74 Å². The second kappa shape index (κ2) is 6.73. The van der Waals surface area contributed by atoms with Crippen LogP contribution in [0.4, 0.5) is 17.6 Å². The molecular weight excluding hydrogens is 290 g/mol. The Bertz CT molecular complexity index is 676. The molecule has 1 atom stereocenters. The minimum absolute atomic E-state index is 0.301. The van der Waals surface area contributed by atoms with E-state index < -0.39 is 0 Å². The zero-order chi connectivity index (χ0) is 16.2. The number of nitrogens with zero attached hydrogens (tertiary/aromatic N) is 3. The number of nitrogen functional groups attached to an aromatic ring is 1. The minimum atomic E-state index is 0.301. The highest BCUT2D eigenvalue weighted by molar-refractivity contribution is 5.54. The number of methoxy groups -OCH3 is 1. The minimum Gasteiger partial charge on any atom is -0.496 e. The first-order valence-corrected chi connectivity index (χ1v) is 7.92. The zero-order valence-corrected chi connectivity index (χ0v) is 13.6. The fraction of sp³-hybridized carbons (Fsp3) is 0.412. The molecule has 0 bridgehead atoms. The van der Waals surface area contributed by atoms with E-state index in [0.29, 0.717) is 12.0 Å². The van der Waals surface area contributed by atoms with E-state index in [4.69, 9.17) is 10.5 Å². The van der Waals surface area contributed by atoms with Crippen molar-refractivity contribution in [2.45, 2.75) is 25.3 Å². The average molecular weight is 313 g/mol. The van der Waals surface area contributed by atoms with Gasteiger partial charge in [0.25, 0.3) is 0 Å². The molecule has 1 unspecified atom stereocenters. The molecule has 3 rings (SSSR count). The smallest absolute Gasteiger partial charge is 0.223 e. The molecule has 6 nitrogen and oxygen atoms in total. The molecule has 23 heavy (non-hydrogen) atoms. The first-order valence-electron chi connectivity index (χ1n) is 7.92. The maximum absolute atomic E-state index is 5.84. The van der Waals surface area contributed by atoms with Gasteiger partial charge in [-0.05, 0) is 30.9 Å². The lowest BCUT2D eigenvalue weighted by Gasteiger charge is -2.26. The van der Waals surface area contributed by atoms with Crippen molar-refractivity contribution in [1.29, 1.82) is 0 Å². The molecule has 0 amide bonds. The van der Waals surface area contributed by atoms with Crippen molar-refractivity contribution in [2.75, 3.05) is 36.7 Å². The number of anilines is 3. The molecule has 1 aliphatic heterocycles. The van der Waals surface area contributed by atoms with Crippen LogP contribution in [-0.4, -0.2) is 36.7 Å². The number of nitrogens with two attached hydrogens (primary N) is 1. The molecule has 0 saturated carbocycles. The Kier molecular flexibility index (Phi) is 4.50. The monoisotopic (exact) mass is 313 g/mol. The van der Waals surface area contributed by atoms with Crippen molar-refractivity contribution in [1.82, 2.24) is 9.97 Å². The number of rotatable bonds is 5. The quantitative estimate of drug-likeness (QED) is 0.882. The van der Waals surface area contributed by atoms with Crippen LogP contribution in [0.25, 0.3) is 0 Å². The molecule has 6 heteroatoms. The van der Waals surface area contributed by atoms with Crippen LogP contribution >= 0.6 is 0 Å². The van der Waals surface area contributed by atoms with Gasteiger partial charge in [-0.15, -0.1) is 0 Å². The van der Waals surface area contributed by atoms with Crippen LogP contribution in [0.5, 0.6) is 5.75 Å². The van der Waals surface area contributed by atoms with Gasteiger partial charge >= 0.3 is 0 Å². The molecule has 122 valence electrons. The summed E-state index contributed by atoms with van der Waals surface area (Å²) in [5.74, 6) is 2.88. The largest absolute Gasteiger partial charge is 0.496 e. The summed E-state index contributed by atoms with van der Waals surface area (Å²) in [6, 6.07) is 10.5. The number of para-hydroxylation sites is 1. The predicted octanol–water partition coefficient (Wildman–Crippen LogP) is 2.32. The molecule has 0 aliphatic carbocycles. The van der Waals surface area contributed by atoms with Gasteiger partial charge in [0.2, 0.25) is 5.95 Å². The summed E-state index contributed by atoms with van der Waals surface area (Å²) in [5.41, 5.74) is 7.06. The van der Waals surface area contributed by atoms with Gasteiger partial charge in [-0.1, -0.05) is 18.2 Å². The Balaban J connectivity index is 1.84. The van der Waals surface area contributed by atoms with Gasteiger partial charge in [-0.2, -0.15) is 9.97 Å². The Labute approximate surface area is 136 Å². The molecule has 1 aliphatic rings. The lowest BCUT2D eigenvalue weighted by Crippen LogP contribution is -2.32. The molecular formula is C17H23N5O. The normalized spacial score (nSPS) is 17.3. The van der Waals surface area contributed by atoms with Crippen LogP contribution in [0.2, 0.25) is 0 Å². The third-order valence-electron chi connectivity index (χ3n) is 4.31. The Morgan fingerprint density at radius 3 is 2.96 bits per heavy atom. The maximum atomic E-state index is 5.84. The SMILES string of the molecule is CNc1cc(N2CCCC2Cc2ccccc2OC)nc(N)n1. The number of benzene rings is 1. The van der Waals surface area contributed by atoms with Gasteiger partial charge in [0.05, 0.1) is 7.11 Å². The van der Waals surface area contributed by atoms with Gasteiger partial charge in [0.1, 0.15) is 17.4 Å². The van der Waals surface area contributed by atoms with E-state index in [9.17, 15) is 0 Å². The first kappa shape index (κ1) is 15.4. The highest BCUT2D eigenvalue weighted by Crippen LogP contribution is 2.30. The average Bonchev–Trinajstić information content (AvgIpc) is 3.03. The summed E-state index contributed by atoms with van der Waals surface area (Å²) < 4.78 is 5.48. The molecule has 1 aromatic carbocycles. The van der Waals surface area contributed by atoms with E-state index >= 15 is 0 Å². The van der Waals surface area contributed by atoms with Gasteiger partial charge in [-0.25, -0.2) is 0 Å². The second-order valence-corrected chi connectivity index (χ2v) is 5.72. The molecule has 2 aromatic rings. The number of nitrogens with one attached hydrogen (secondary N) is 1. The summed E-state index contributed by atoms with van der Waals surface area (Å²) in [4.78, 5) is 10.9. The van der Waals surface area contributed by atoms with E-state index in [1.807, 2.05) is 25.2 Å². The molecule has 3 N–H and O–H groups in total. The van der Waals surface area contributed by atoms with Gasteiger partial charge in [-0.3, -0.25) is 0 Å². The Morgan fingerprint density at radius 2 is 2.17 bits per heavy atom. The molecule has 0 spiro atoms. The van der Waals surface area contributed by atoms with Crippen LogP contribution < -0.4 is 20.7 Å². The maximum Gasteiger partial charge on any atom is 0.223 e. The van der Waals surface area contributed by atoms with E-state index in [0.717, 1.165) is 43.2 Å².